The normalized spacial score (nSPS) is 10.9. The van der Waals surface area contributed by atoms with Gasteiger partial charge in [0.05, 0.1) is 16.1 Å². The van der Waals surface area contributed by atoms with Crippen molar-refractivity contribution in [2.45, 2.75) is 27.3 Å². The summed E-state index contributed by atoms with van der Waals surface area (Å²) in [6.45, 7) is 6.16. The quantitative estimate of drug-likeness (QED) is 0.583. The number of rotatable bonds is 4. The van der Waals surface area contributed by atoms with E-state index in [1.54, 1.807) is 6.07 Å². The van der Waals surface area contributed by atoms with Crippen LogP contribution in [0.25, 0.3) is 10.9 Å². The fraction of sp³-hybridized carbons (Fsp3) is 0.250. The molecule has 7 heteroatoms. The van der Waals surface area contributed by atoms with Gasteiger partial charge in [0.15, 0.2) is 0 Å². The first-order valence-electron chi connectivity index (χ1n) is 7.17. The predicted molar refractivity (Wildman–Crippen MR) is 86.4 cm³/mol. The van der Waals surface area contributed by atoms with Crippen LogP contribution in [-0.2, 0) is 6.54 Å². The molecule has 0 fully saturated rings. The molecule has 7 nitrogen and oxygen atoms in total. The van der Waals surface area contributed by atoms with E-state index in [9.17, 15) is 10.1 Å². The molecule has 0 atom stereocenters. The number of nitrogens with zero attached hydrogens (tertiary/aromatic N) is 3. The van der Waals surface area contributed by atoms with Gasteiger partial charge in [0.2, 0.25) is 0 Å². The summed E-state index contributed by atoms with van der Waals surface area (Å²) in [4.78, 5) is 15.0. The molecule has 2 heterocycles. The van der Waals surface area contributed by atoms with Crippen LogP contribution >= 0.6 is 0 Å². The van der Waals surface area contributed by atoms with E-state index in [2.05, 4.69) is 15.5 Å². The summed E-state index contributed by atoms with van der Waals surface area (Å²) in [7, 11) is 0. The molecule has 0 aliphatic rings. The summed E-state index contributed by atoms with van der Waals surface area (Å²) < 4.78 is 5.15. The molecule has 0 amide bonds. The molecule has 1 N–H and O–H groups in total. The van der Waals surface area contributed by atoms with Crippen molar-refractivity contribution < 1.29 is 9.45 Å². The first-order chi connectivity index (χ1) is 11.0. The molecule has 0 aliphatic carbocycles. The van der Waals surface area contributed by atoms with Gasteiger partial charge in [-0.2, -0.15) is 0 Å². The van der Waals surface area contributed by atoms with Gasteiger partial charge in [0.1, 0.15) is 5.76 Å². The smallest absolute Gasteiger partial charge is 0.270 e. The summed E-state index contributed by atoms with van der Waals surface area (Å²) in [5, 5.41) is 19.0. The lowest BCUT2D eigenvalue weighted by Gasteiger charge is -2.10. The molecule has 3 rings (SSSR count). The van der Waals surface area contributed by atoms with Crippen LogP contribution in [0.2, 0.25) is 0 Å². The second-order valence-corrected chi connectivity index (χ2v) is 5.43. The third-order valence-corrected chi connectivity index (χ3v) is 3.77. The number of nitro groups is 1. The van der Waals surface area contributed by atoms with E-state index in [-0.39, 0.29) is 5.69 Å². The van der Waals surface area contributed by atoms with E-state index in [0.29, 0.717) is 6.54 Å². The molecule has 3 aromatic rings. The molecular formula is C16H16N4O3. The van der Waals surface area contributed by atoms with Gasteiger partial charge in [-0.05, 0) is 32.9 Å². The Balaban J connectivity index is 2.01. The highest BCUT2D eigenvalue weighted by Gasteiger charge is 2.13. The van der Waals surface area contributed by atoms with E-state index in [1.165, 1.54) is 12.1 Å². The zero-order chi connectivity index (χ0) is 16.6. The molecule has 0 saturated carbocycles. The van der Waals surface area contributed by atoms with E-state index in [1.807, 2.05) is 26.8 Å². The van der Waals surface area contributed by atoms with Gasteiger partial charge in [-0.15, -0.1) is 0 Å². The molecule has 1 aromatic carbocycles. The van der Waals surface area contributed by atoms with E-state index in [0.717, 1.165) is 39.3 Å². The van der Waals surface area contributed by atoms with Crippen LogP contribution in [0.15, 0.2) is 28.8 Å². The molecule has 2 aromatic heterocycles. The van der Waals surface area contributed by atoms with Gasteiger partial charge < -0.3 is 9.84 Å². The lowest BCUT2D eigenvalue weighted by molar-refractivity contribution is -0.384. The van der Waals surface area contributed by atoms with Crippen LogP contribution in [0.5, 0.6) is 0 Å². The zero-order valence-electron chi connectivity index (χ0n) is 13.1. The number of aromatic nitrogens is 2. The zero-order valence-corrected chi connectivity index (χ0v) is 13.1. The Morgan fingerprint density at radius 3 is 2.70 bits per heavy atom. The Hall–Kier alpha value is -2.96. The highest BCUT2D eigenvalue weighted by molar-refractivity contribution is 5.93. The van der Waals surface area contributed by atoms with Crippen molar-refractivity contribution in [3.8, 4) is 0 Å². The minimum Gasteiger partial charge on any atom is -0.380 e. The van der Waals surface area contributed by atoms with E-state index in [4.69, 9.17) is 4.52 Å². The number of non-ortho nitro benzene ring substituents is 1. The van der Waals surface area contributed by atoms with Crippen LogP contribution in [0.1, 0.15) is 22.7 Å². The Morgan fingerprint density at radius 2 is 2.04 bits per heavy atom. The average molecular weight is 312 g/mol. The number of nitrogens with one attached hydrogen (secondary N) is 1. The topological polar surface area (TPSA) is 94.1 Å². The van der Waals surface area contributed by atoms with E-state index >= 15 is 0 Å². The highest BCUT2D eigenvalue weighted by atomic mass is 16.6. The summed E-state index contributed by atoms with van der Waals surface area (Å²) >= 11 is 0. The first kappa shape index (κ1) is 15.0. The minimum atomic E-state index is -0.405. The number of benzene rings is 1. The van der Waals surface area contributed by atoms with Gasteiger partial charge in [0.25, 0.3) is 5.69 Å². The molecule has 0 unspecified atom stereocenters. The van der Waals surface area contributed by atoms with Crippen LogP contribution < -0.4 is 5.32 Å². The molecule has 0 aliphatic heterocycles. The number of pyridine rings is 1. The first-order valence-corrected chi connectivity index (χ1v) is 7.17. The maximum absolute atomic E-state index is 11.0. The second-order valence-electron chi connectivity index (χ2n) is 5.43. The van der Waals surface area contributed by atoms with Crippen molar-refractivity contribution >= 4 is 22.3 Å². The fourth-order valence-electron chi connectivity index (χ4n) is 2.54. The maximum Gasteiger partial charge on any atom is 0.270 e. The van der Waals surface area contributed by atoms with Gasteiger partial charge in [-0.1, -0.05) is 5.16 Å². The van der Waals surface area contributed by atoms with Crippen LogP contribution in [0.3, 0.4) is 0 Å². The Kier molecular flexibility index (Phi) is 3.69. The molecule has 118 valence electrons. The average Bonchev–Trinajstić information content (AvgIpc) is 2.83. The molecule has 23 heavy (non-hydrogen) atoms. The standard InChI is InChI=1S/C16H16N4O3/c1-9-6-16(17-8-14-10(2)19-23-11(14)3)13-7-12(20(21)22)4-5-15(13)18-9/h4-7H,8H2,1-3H3,(H,17,18). The second kappa shape index (κ2) is 5.68. The number of fused-ring (bicyclic) bond motifs is 1. The van der Waals surface area contributed by atoms with Gasteiger partial charge in [-0.25, -0.2) is 0 Å². The predicted octanol–water partition coefficient (Wildman–Crippen LogP) is 3.67. The SMILES string of the molecule is Cc1cc(NCc2c(C)noc2C)c2cc([N+](=O)[O-])ccc2n1. The van der Waals surface area contributed by atoms with Crippen molar-refractivity contribution in [3.63, 3.8) is 0 Å². The van der Waals surface area contributed by atoms with Crippen molar-refractivity contribution in [3.05, 3.63) is 57.1 Å². The summed E-state index contributed by atoms with van der Waals surface area (Å²) in [5.41, 5.74) is 4.22. The molecule has 0 spiro atoms. The van der Waals surface area contributed by atoms with Gasteiger partial charge in [0, 0.05) is 41.0 Å². The largest absolute Gasteiger partial charge is 0.380 e. The monoisotopic (exact) mass is 312 g/mol. The van der Waals surface area contributed by atoms with Crippen LogP contribution in [0, 0.1) is 30.9 Å². The summed E-state index contributed by atoms with van der Waals surface area (Å²) in [5.74, 6) is 0.760. The maximum atomic E-state index is 11.0. The summed E-state index contributed by atoms with van der Waals surface area (Å²) in [6.07, 6.45) is 0. The number of nitro benzene ring substituents is 1. The molecule has 0 bridgehead atoms. The lowest BCUT2D eigenvalue weighted by atomic mass is 10.1. The number of hydrogen-bond donors (Lipinski definition) is 1. The number of hydrogen-bond acceptors (Lipinski definition) is 6. The van der Waals surface area contributed by atoms with E-state index < -0.39 is 4.92 Å². The highest BCUT2D eigenvalue weighted by Crippen LogP contribution is 2.28. The molecule has 0 radical (unpaired) electrons. The Morgan fingerprint density at radius 1 is 1.26 bits per heavy atom. The van der Waals surface area contributed by atoms with Crippen molar-refractivity contribution in [2.75, 3.05) is 5.32 Å². The van der Waals surface area contributed by atoms with Crippen LogP contribution in [-0.4, -0.2) is 15.1 Å². The molecular weight excluding hydrogens is 296 g/mol. The van der Waals surface area contributed by atoms with Crippen molar-refractivity contribution in [1.82, 2.24) is 10.1 Å². The Bertz CT molecular complexity index is 882. The van der Waals surface area contributed by atoms with Crippen molar-refractivity contribution in [2.24, 2.45) is 0 Å². The summed E-state index contributed by atoms with van der Waals surface area (Å²) in [6, 6.07) is 6.55. The van der Waals surface area contributed by atoms with Gasteiger partial charge >= 0.3 is 0 Å². The third kappa shape index (κ3) is 2.85. The third-order valence-electron chi connectivity index (χ3n) is 3.77. The Labute approximate surface area is 132 Å². The van der Waals surface area contributed by atoms with Crippen molar-refractivity contribution in [1.29, 1.82) is 0 Å². The number of anilines is 1. The number of aryl methyl sites for hydroxylation is 3. The van der Waals surface area contributed by atoms with Crippen LogP contribution in [0.4, 0.5) is 11.4 Å². The van der Waals surface area contributed by atoms with Gasteiger partial charge in [-0.3, -0.25) is 15.1 Å². The fourth-order valence-corrected chi connectivity index (χ4v) is 2.54. The lowest BCUT2D eigenvalue weighted by Crippen LogP contribution is -2.03. The molecule has 0 saturated heterocycles. The minimum absolute atomic E-state index is 0.0449.